The van der Waals surface area contributed by atoms with Crippen molar-refractivity contribution in [3.8, 4) is 0 Å². The van der Waals surface area contributed by atoms with Gasteiger partial charge in [-0.25, -0.2) is 0 Å². The van der Waals surface area contributed by atoms with Crippen LogP contribution in [0.4, 0.5) is 0 Å². The van der Waals surface area contributed by atoms with E-state index in [2.05, 4.69) is 27.6 Å². The Kier molecular flexibility index (Phi) is 3.53. The molecule has 1 atom stereocenters. The number of thiophene rings is 1. The van der Waals surface area contributed by atoms with E-state index >= 15 is 0 Å². The van der Waals surface area contributed by atoms with Crippen LogP contribution in [0, 0.1) is 5.92 Å². The Morgan fingerprint density at radius 3 is 3.00 bits per heavy atom. The van der Waals surface area contributed by atoms with Crippen LogP contribution >= 0.6 is 11.3 Å². The smallest absolute Gasteiger partial charge is 0.264 e. The fraction of sp³-hybridized carbons (Fsp3) is 0.529. The molecule has 1 amide bonds. The minimum Gasteiger partial charge on any atom is -0.338 e. The average Bonchev–Trinajstić information content (AvgIpc) is 2.93. The molecule has 2 aromatic rings. The van der Waals surface area contributed by atoms with Gasteiger partial charge in [0.05, 0.1) is 11.1 Å². The summed E-state index contributed by atoms with van der Waals surface area (Å²) in [4.78, 5) is 15.8. The Hall–Kier alpha value is -1.62. The van der Waals surface area contributed by atoms with Gasteiger partial charge in [-0.05, 0) is 60.1 Å². The maximum Gasteiger partial charge on any atom is 0.264 e. The van der Waals surface area contributed by atoms with Gasteiger partial charge in [0.2, 0.25) is 0 Å². The van der Waals surface area contributed by atoms with Crippen LogP contribution in [-0.2, 0) is 13.5 Å². The third-order valence-corrected chi connectivity index (χ3v) is 5.68. The normalized spacial score (nSPS) is 21.5. The number of amides is 1. The standard InChI is InChI=1S/C17H21N3OS/c1-19-10-13(9-18-19)8-12-4-6-20(11-12)17(21)16-15(5-7-22-16)14-2-3-14/h5,7,9-10,12,14H,2-4,6,8,11H2,1H3. The number of aromatic nitrogens is 2. The van der Waals surface area contributed by atoms with Gasteiger partial charge in [0.25, 0.3) is 5.91 Å². The summed E-state index contributed by atoms with van der Waals surface area (Å²) >= 11 is 1.62. The molecule has 2 aliphatic rings. The zero-order valence-corrected chi connectivity index (χ0v) is 13.7. The molecule has 1 saturated heterocycles. The van der Waals surface area contributed by atoms with Crippen molar-refractivity contribution in [3.05, 3.63) is 39.8 Å². The summed E-state index contributed by atoms with van der Waals surface area (Å²) in [5.74, 6) is 1.47. The van der Waals surface area contributed by atoms with Crippen molar-refractivity contribution in [2.45, 2.75) is 31.6 Å². The van der Waals surface area contributed by atoms with Crippen LogP contribution in [0.1, 0.15) is 46.0 Å². The van der Waals surface area contributed by atoms with E-state index in [1.54, 1.807) is 11.3 Å². The number of nitrogens with zero attached hydrogens (tertiary/aromatic N) is 3. The first-order valence-corrected chi connectivity index (χ1v) is 8.93. The van der Waals surface area contributed by atoms with Crippen LogP contribution in [-0.4, -0.2) is 33.7 Å². The van der Waals surface area contributed by atoms with Gasteiger partial charge in [-0.1, -0.05) is 0 Å². The minimum atomic E-state index is 0.255. The maximum atomic E-state index is 12.8. The summed E-state index contributed by atoms with van der Waals surface area (Å²) in [6.45, 7) is 1.78. The molecule has 22 heavy (non-hydrogen) atoms. The molecule has 1 unspecified atom stereocenters. The number of aryl methyl sites for hydroxylation is 1. The van der Waals surface area contributed by atoms with E-state index in [0.717, 1.165) is 30.8 Å². The molecular weight excluding hydrogens is 294 g/mol. The molecule has 1 aliphatic carbocycles. The topological polar surface area (TPSA) is 38.1 Å². The second-order valence-corrected chi connectivity index (χ2v) is 7.53. The van der Waals surface area contributed by atoms with Gasteiger partial charge < -0.3 is 4.90 Å². The fourth-order valence-electron chi connectivity index (χ4n) is 3.45. The number of hydrogen-bond acceptors (Lipinski definition) is 3. The van der Waals surface area contributed by atoms with Crippen molar-refractivity contribution in [3.63, 3.8) is 0 Å². The second-order valence-electron chi connectivity index (χ2n) is 6.61. The number of rotatable bonds is 4. The van der Waals surface area contributed by atoms with Crippen LogP contribution in [0.3, 0.4) is 0 Å². The highest BCUT2D eigenvalue weighted by molar-refractivity contribution is 7.12. The molecule has 0 bridgehead atoms. The molecule has 1 aliphatic heterocycles. The third kappa shape index (κ3) is 2.70. The van der Waals surface area contributed by atoms with Crippen LogP contribution in [0.5, 0.6) is 0 Å². The van der Waals surface area contributed by atoms with Crippen molar-refractivity contribution in [2.75, 3.05) is 13.1 Å². The minimum absolute atomic E-state index is 0.255. The van der Waals surface area contributed by atoms with E-state index in [4.69, 9.17) is 0 Å². The lowest BCUT2D eigenvalue weighted by atomic mass is 10.0. The van der Waals surface area contributed by atoms with Gasteiger partial charge in [-0.15, -0.1) is 11.3 Å². The Morgan fingerprint density at radius 1 is 1.41 bits per heavy atom. The Bertz CT molecular complexity index is 686. The van der Waals surface area contributed by atoms with E-state index in [9.17, 15) is 4.79 Å². The lowest BCUT2D eigenvalue weighted by molar-refractivity contribution is 0.0791. The predicted molar refractivity (Wildman–Crippen MR) is 87.2 cm³/mol. The van der Waals surface area contributed by atoms with Crippen LogP contribution in [0.15, 0.2) is 23.8 Å². The summed E-state index contributed by atoms with van der Waals surface area (Å²) < 4.78 is 1.85. The summed E-state index contributed by atoms with van der Waals surface area (Å²) in [6, 6.07) is 2.15. The molecule has 2 aromatic heterocycles. The molecule has 4 rings (SSSR count). The van der Waals surface area contributed by atoms with Crippen molar-refractivity contribution in [1.82, 2.24) is 14.7 Å². The lowest BCUT2D eigenvalue weighted by Crippen LogP contribution is -2.28. The molecule has 2 fully saturated rings. The fourth-order valence-corrected chi connectivity index (χ4v) is 4.40. The molecule has 1 saturated carbocycles. The number of carbonyl (C=O) groups is 1. The zero-order chi connectivity index (χ0) is 15.1. The first-order chi connectivity index (χ1) is 10.7. The monoisotopic (exact) mass is 315 g/mol. The second kappa shape index (κ2) is 5.54. The summed E-state index contributed by atoms with van der Waals surface area (Å²) in [7, 11) is 1.95. The quantitative estimate of drug-likeness (QED) is 0.869. The summed E-state index contributed by atoms with van der Waals surface area (Å²) in [6.07, 6.45) is 8.65. The zero-order valence-electron chi connectivity index (χ0n) is 12.9. The molecule has 0 N–H and O–H groups in total. The summed E-state index contributed by atoms with van der Waals surface area (Å²) in [5, 5.41) is 6.30. The average molecular weight is 315 g/mol. The molecular formula is C17H21N3OS. The molecule has 4 nitrogen and oxygen atoms in total. The first-order valence-electron chi connectivity index (χ1n) is 8.05. The van der Waals surface area contributed by atoms with Crippen molar-refractivity contribution in [2.24, 2.45) is 13.0 Å². The third-order valence-electron chi connectivity index (χ3n) is 4.76. The van der Waals surface area contributed by atoms with Gasteiger partial charge in [0.1, 0.15) is 0 Å². The van der Waals surface area contributed by atoms with Crippen molar-refractivity contribution in [1.29, 1.82) is 0 Å². The van der Waals surface area contributed by atoms with Crippen LogP contribution in [0.25, 0.3) is 0 Å². The van der Waals surface area contributed by atoms with Gasteiger partial charge in [-0.3, -0.25) is 9.48 Å². The molecule has 116 valence electrons. The molecule has 5 heteroatoms. The lowest BCUT2D eigenvalue weighted by Gasteiger charge is -2.16. The molecule has 0 spiro atoms. The van der Waals surface area contributed by atoms with E-state index in [0.29, 0.717) is 11.8 Å². The van der Waals surface area contributed by atoms with E-state index in [1.165, 1.54) is 24.0 Å². The highest BCUT2D eigenvalue weighted by Crippen LogP contribution is 2.43. The Labute approximate surface area is 134 Å². The number of likely N-dealkylation sites (tertiary alicyclic amines) is 1. The van der Waals surface area contributed by atoms with Gasteiger partial charge in [-0.2, -0.15) is 5.10 Å². The van der Waals surface area contributed by atoms with Gasteiger partial charge >= 0.3 is 0 Å². The van der Waals surface area contributed by atoms with E-state index < -0.39 is 0 Å². The van der Waals surface area contributed by atoms with Crippen molar-refractivity contribution < 1.29 is 4.79 Å². The van der Waals surface area contributed by atoms with E-state index in [1.807, 2.05) is 17.9 Å². The number of hydrogen-bond donors (Lipinski definition) is 0. The van der Waals surface area contributed by atoms with Crippen molar-refractivity contribution >= 4 is 17.2 Å². The highest BCUT2D eigenvalue weighted by Gasteiger charge is 2.33. The maximum absolute atomic E-state index is 12.8. The summed E-state index contributed by atoms with van der Waals surface area (Å²) in [5.41, 5.74) is 2.57. The van der Waals surface area contributed by atoms with Crippen LogP contribution < -0.4 is 0 Å². The van der Waals surface area contributed by atoms with Gasteiger partial charge in [0.15, 0.2) is 0 Å². The molecule has 0 aromatic carbocycles. The van der Waals surface area contributed by atoms with E-state index in [-0.39, 0.29) is 5.91 Å². The molecule has 0 radical (unpaired) electrons. The first kappa shape index (κ1) is 14.0. The van der Waals surface area contributed by atoms with Gasteiger partial charge in [0, 0.05) is 26.3 Å². The molecule has 3 heterocycles. The Morgan fingerprint density at radius 2 is 2.27 bits per heavy atom. The van der Waals surface area contributed by atoms with Crippen LogP contribution in [0.2, 0.25) is 0 Å². The largest absolute Gasteiger partial charge is 0.338 e. The number of carbonyl (C=O) groups excluding carboxylic acids is 1. The highest BCUT2D eigenvalue weighted by atomic mass is 32.1. The predicted octanol–water partition coefficient (Wildman–Crippen LogP) is 3.06. The SMILES string of the molecule is Cn1cc(CC2CCN(C(=O)c3sccc3C3CC3)C2)cn1. The Balaban J connectivity index is 1.41.